The molecule has 12 heteroatoms. The van der Waals surface area contributed by atoms with Crippen LogP contribution in [0.15, 0.2) is 103 Å². The Morgan fingerprint density at radius 1 is 1.09 bits per heavy atom. The lowest BCUT2D eigenvalue weighted by Gasteiger charge is -2.31. The number of benzene rings is 2. The van der Waals surface area contributed by atoms with Crippen LogP contribution in [0, 0.1) is 5.82 Å². The molecule has 1 N–H and O–H groups in total. The number of amides is 1. The highest BCUT2D eigenvalue weighted by atomic mass is 127. The highest BCUT2D eigenvalue weighted by Crippen LogP contribution is 2.39. The quantitative estimate of drug-likeness (QED) is 0.0975. The first kappa shape index (κ1) is 28.8. The van der Waals surface area contributed by atoms with Gasteiger partial charge in [-0.3, -0.25) is 9.78 Å². The smallest absolute Gasteiger partial charge is 0.258 e. The fraction of sp³-hybridized carbons (Fsp3) is 0.129. The molecule has 0 saturated heterocycles. The molecule has 3 aromatic heterocycles. The summed E-state index contributed by atoms with van der Waals surface area (Å²) in [4.78, 5) is 25.2. The first-order chi connectivity index (χ1) is 20.9. The maximum Gasteiger partial charge on any atom is 0.258 e. The predicted molar refractivity (Wildman–Crippen MR) is 173 cm³/mol. The van der Waals surface area contributed by atoms with Crippen LogP contribution < -0.4 is 15.0 Å². The number of halogens is 2. The number of rotatable bonds is 9. The summed E-state index contributed by atoms with van der Waals surface area (Å²) in [6.07, 6.45) is 8.81. The van der Waals surface area contributed by atoms with E-state index >= 15 is 4.39 Å². The molecule has 6 rings (SSSR count). The van der Waals surface area contributed by atoms with E-state index < -0.39 is 11.7 Å². The van der Waals surface area contributed by atoms with Crippen molar-refractivity contribution >= 4 is 61.4 Å². The number of thiophene rings is 1. The number of nitrogens with zero attached hydrogens (tertiary/aromatic N) is 4. The lowest BCUT2D eigenvalue weighted by atomic mass is 10.1. The predicted octanol–water partition coefficient (Wildman–Crippen LogP) is 7.33. The summed E-state index contributed by atoms with van der Waals surface area (Å²) in [6.45, 7) is 0.396. The number of nitrogens with one attached hydrogen (secondary N) is 1. The van der Waals surface area contributed by atoms with Crippen LogP contribution in [0.1, 0.15) is 0 Å². The zero-order valence-electron chi connectivity index (χ0n) is 23.0. The van der Waals surface area contributed by atoms with Crippen molar-refractivity contribution in [3.8, 4) is 22.1 Å². The number of pyridine rings is 1. The van der Waals surface area contributed by atoms with E-state index in [1.54, 1.807) is 37.8 Å². The SMILES string of the molecule is COCn1cnc(-c2cc3nccc(Oc4ccc(NC(=O)C5=C(OC)C=CN(c6ccccc6)C5I)cc4F)c3s2)c1. The van der Waals surface area contributed by atoms with Crippen LogP contribution in [0.2, 0.25) is 0 Å². The fourth-order valence-electron chi connectivity index (χ4n) is 4.59. The molecule has 0 fully saturated rings. The maximum absolute atomic E-state index is 15.3. The number of ether oxygens (including phenoxy) is 3. The van der Waals surface area contributed by atoms with Crippen molar-refractivity contribution < 1.29 is 23.4 Å². The van der Waals surface area contributed by atoms with Crippen LogP contribution >= 0.6 is 33.9 Å². The largest absolute Gasteiger partial charge is 0.496 e. The zero-order chi connectivity index (χ0) is 29.9. The Bertz CT molecular complexity index is 1860. The molecule has 2 aromatic carbocycles. The lowest BCUT2D eigenvalue weighted by molar-refractivity contribution is -0.113. The number of hydrogen-bond donors (Lipinski definition) is 1. The Morgan fingerprint density at radius 3 is 2.70 bits per heavy atom. The fourth-order valence-corrected chi connectivity index (χ4v) is 6.72. The summed E-state index contributed by atoms with van der Waals surface area (Å²) in [7, 11) is 3.13. The van der Waals surface area contributed by atoms with Crippen molar-refractivity contribution in [1.29, 1.82) is 0 Å². The van der Waals surface area contributed by atoms with Gasteiger partial charge in [0.2, 0.25) is 0 Å². The molecule has 1 amide bonds. The highest BCUT2D eigenvalue weighted by Gasteiger charge is 2.31. The topological polar surface area (TPSA) is 90.7 Å². The van der Waals surface area contributed by atoms with E-state index in [1.807, 2.05) is 58.3 Å². The number of para-hydroxylation sites is 1. The summed E-state index contributed by atoms with van der Waals surface area (Å²) in [5, 5.41) is 2.81. The van der Waals surface area contributed by atoms with Gasteiger partial charge >= 0.3 is 0 Å². The second-order valence-electron chi connectivity index (χ2n) is 9.40. The third-order valence-electron chi connectivity index (χ3n) is 6.60. The number of imidazole rings is 1. The number of methoxy groups -OCH3 is 2. The van der Waals surface area contributed by atoms with Gasteiger partial charge in [-0.1, -0.05) is 40.8 Å². The number of anilines is 2. The van der Waals surface area contributed by atoms with Gasteiger partial charge in [-0.2, -0.15) is 0 Å². The molecule has 0 spiro atoms. The molecule has 0 radical (unpaired) electrons. The number of allylic oxidation sites excluding steroid dienone is 1. The minimum atomic E-state index is -0.626. The number of fused-ring (bicyclic) bond motifs is 1. The van der Waals surface area contributed by atoms with Gasteiger partial charge in [0.15, 0.2) is 11.6 Å². The van der Waals surface area contributed by atoms with E-state index in [0.717, 1.165) is 21.0 Å². The van der Waals surface area contributed by atoms with Crippen LogP contribution in [-0.2, 0) is 21.0 Å². The Labute approximate surface area is 264 Å². The van der Waals surface area contributed by atoms with Gasteiger partial charge in [0.05, 0.1) is 39.8 Å². The second kappa shape index (κ2) is 12.5. The number of aromatic nitrogens is 3. The summed E-state index contributed by atoms with van der Waals surface area (Å²) < 4.78 is 34.2. The van der Waals surface area contributed by atoms with Gasteiger partial charge in [0, 0.05) is 49.2 Å². The van der Waals surface area contributed by atoms with Crippen molar-refractivity contribution in [2.45, 2.75) is 10.8 Å². The van der Waals surface area contributed by atoms with E-state index in [1.165, 1.54) is 30.6 Å². The average Bonchev–Trinajstić information content (AvgIpc) is 3.67. The average molecular weight is 710 g/mol. The van der Waals surface area contributed by atoms with Crippen molar-refractivity contribution in [2.24, 2.45) is 0 Å². The van der Waals surface area contributed by atoms with Gasteiger partial charge in [-0.25, -0.2) is 9.37 Å². The van der Waals surface area contributed by atoms with Crippen LogP contribution in [0.3, 0.4) is 0 Å². The second-order valence-corrected chi connectivity index (χ2v) is 11.6. The van der Waals surface area contributed by atoms with Crippen molar-refractivity contribution in [3.63, 3.8) is 0 Å². The molecule has 4 heterocycles. The third-order valence-corrected chi connectivity index (χ3v) is 8.99. The Morgan fingerprint density at radius 2 is 1.93 bits per heavy atom. The monoisotopic (exact) mass is 709 g/mol. The van der Waals surface area contributed by atoms with E-state index in [4.69, 9.17) is 14.2 Å². The molecule has 0 aliphatic carbocycles. The molecular weight excluding hydrogens is 684 g/mol. The summed E-state index contributed by atoms with van der Waals surface area (Å²) in [5.74, 6) is -0.106. The molecule has 5 aromatic rings. The van der Waals surface area contributed by atoms with Crippen LogP contribution in [-0.4, -0.2) is 38.7 Å². The molecule has 1 aliphatic rings. The van der Waals surface area contributed by atoms with Gasteiger partial charge in [-0.15, -0.1) is 11.3 Å². The maximum atomic E-state index is 15.3. The van der Waals surface area contributed by atoms with E-state index in [9.17, 15) is 4.79 Å². The third kappa shape index (κ3) is 5.98. The van der Waals surface area contributed by atoms with Crippen molar-refractivity contribution in [1.82, 2.24) is 14.5 Å². The molecule has 9 nitrogen and oxygen atoms in total. The summed E-state index contributed by atoms with van der Waals surface area (Å²) in [6, 6.07) is 17.6. The molecule has 218 valence electrons. The van der Waals surface area contributed by atoms with E-state index in [0.29, 0.717) is 29.3 Å². The number of alkyl halides is 1. The first-order valence-corrected chi connectivity index (χ1v) is 15.1. The molecule has 0 saturated carbocycles. The Hall–Kier alpha value is -4.27. The Kier molecular flexibility index (Phi) is 8.40. The molecule has 1 aliphatic heterocycles. The van der Waals surface area contributed by atoms with Crippen LogP contribution in [0.4, 0.5) is 15.8 Å². The van der Waals surface area contributed by atoms with Crippen LogP contribution in [0.5, 0.6) is 11.5 Å². The molecule has 0 bridgehead atoms. The molecule has 1 unspecified atom stereocenters. The Balaban J connectivity index is 1.20. The van der Waals surface area contributed by atoms with Gasteiger partial charge in [-0.05, 0) is 36.4 Å². The van der Waals surface area contributed by atoms with Gasteiger partial charge < -0.3 is 29.0 Å². The van der Waals surface area contributed by atoms with Gasteiger partial charge in [0.1, 0.15) is 22.3 Å². The van der Waals surface area contributed by atoms with Crippen molar-refractivity contribution in [3.05, 3.63) is 109 Å². The minimum absolute atomic E-state index is 0.0178. The van der Waals surface area contributed by atoms with E-state index in [2.05, 4.69) is 37.9 Å². The summed E-state index contributed by atoms with van der Waals surface area (Å²) in [5.41, 5.74) is 3.11. The number of carbonyl (C=O) groups excluding carboxylic acids is 1. The van der Waals surface area contributed by atoms with E-state index in [-0.39, 0.29) is 15.5 Å². The van der Waals surface area contributed by atoms with Crippen molar-refractivity contribution in [2.75, 3.05) is 24.4 Å². The standard InChI is InChI=1S/C31H25FIN5O4S/c1-40-18-37-16-23(35-17-37)27-15-22-29(43-27)26(10-12-34-22)42-24-9-8-19(14-21(24)32)36-31(39)28-25(41-2)11-13-38(30(28)33)20-6-4-3-5-7-20/h3-17,30H,18H2,1-2H3,(H,36,39). The number of hydrogen-bond acceptors (Lipinski definition) is 8. The molecular formula is C31H25FIN5O4S. The van der Waals surface area contributed by atoms with Crippen LogP contribution in [0.25, 0.3) is 20.8 Å². The minimum Gasteiger partial charge on any atom is -0.496 e. The normalized spacial score (nSPS) is 14.8. The molecule has 1 atom stereocenters. The first-order valence-electron chi connectivity index (χ1n) is 13.1. The molecule has 43 heavy (non-hydrogen) atoms. The lowest BCUT2D eigenvalue weighted by Crippen LogP contribution is -2.36. The number of carbonyl (C=O) groups is 1. The zero-order valence-corrected chi connectivity index (χ0v) is 26.0. The summed E-state index contributed by atoms with van der Waals surface area (Å²) >= 11 is 3.64. The highest BCUT2D eigenvalue weighted by molar-refractivity contribution is 14.1. The van der Waals surface area contributed by atoms with Gasteiger partial charge in [0.25, 0.3) is 5.91 Å².